The fourth-order valence-corrected chi connectivity index (χ4v) is 4.26. The lowest BCUT2D eigenvalue weighted by Crippen LogP contribution is -2.52. The molecule has 0 saturated carbocycles. The van der Waals surface area contributed by atoms with Crippen LogP contribution in [0.5, 0.6) is 5.75 Å². The van der Waals surface area contributed by atoms with Gasteiger partial charge in [-0.15, -0.1) is 0 Å². The summed E-state index contributed by atoms with van der Waals surface area (Å²) in [6.07, 6.45) is 0.422. The summed E-state index contributed by atoms with van der Waals surface area (Å²) in [6, 6.07) is 7.24. The van der Waals surface area contributed by atoms with Crippen LogP contribution in [0.4, 0.5) is 0 Å². The van der Waals surface area contributed by atoms with Crippen molar-refractivity contribution in [3.8, 4) is 5.75 Å². The highest BCUT2D eigenvalue weighted by molar-refractivity contribution is 6.05. The third kappa shape index (κ3) is 4.38. The smallest absolute Gasteiger partial charge is 0.255 e. The predicted octanol–water partition coefficient (Wildman–Crippen LogP) is 1.39. The molecule has 9 heteroatoms. The molecule has 2 atom stereocenters. The standard InChI is InChI=1S/C25H25N3O6/c29-22-9-8-20(24(31)26-22)28-13-19-18(25(28)32)2-1-3-21(19)34-14-17-6-4-16(5-7-17)12-27-10-11-33-15-23(27)30/h1-7,20H,8-15H2,(H,26,29,31)/i4D,7D,12D. The second kappa shape index (κ2) is 9.26. The topological polar surface area (TPSA) is 105 Å². The zero-order valence-electron chi connectivity index (χ0n) is 21.3. The number of rotatable bonds is 6. The number of amides is 4. The maximum absolute atomic E-state index is 13.0. The molecule has 3 aliphatic rings. The van der Waals surface area contributed by atoms with Crippen molar-refractivity contribution in [2.24, 2.45) is 0 Å². The molecule has 0 radical (unpaired) electrons. The molecule has 0 spiro atoms. The molecule has 2 aromatic carbocycles. The summed E-state index contributed by atoms with van der Waals surface area (Å²) in [5.74, 6) is -1.06. The second-order valence-corrected chi connectivity index (χ2v) is 8.30. The summed E-state index contributed by atoms with van der Waals surface area (Å²) < 4.78 is 36.3. The van der Waals surface area contributed by atoms with Crippen LogP contribution in [-0.2, 0) is 38.8 Å². The van der Waals surface area contributed by atoms with Gasteiger partial charge < -0.3 is 19.3 Å². The van der Waals surface area contributed by atoms with E-state index in [1.807, 2.05) is 0 Å². The molecule has 0 aliphatic carbocycles. The monoisotopic (exact) mass is 466 g/mol. The Labute approximate surface area is 200 Å². The number of ether oxygens (including phenoxy) is 2. The number of imide groups is 1. The van der Waals surface area contributed by atoms with E-state index in [0.29, 0.717) is 29.0 Å². The van der Waals surface area contributed by atoms with E-state index in [1.165, 1.54) is 21.9 Å². The zero-order chi connectivity index (χ0) is 26.3. The Bertz CT molecular complexity index is 1300. The fraction of sp³-hybridized carbons (Fsp3) is 0.360. The van der Waals surface area contributed by atoms with Gasteiger partial charge in [-0.1, -0.05) is 30.3 Å². The summed E-state index contributed by atoms with van der Waals surface area (Å²) in [7, 11) is 0. The van der Waals surface area contributed by atoms with Gasteiger partial charge in [0.25, 0.3) is 5.91 Å². The molecule has 2 unspecified atom stereocenters. The average molecular weight is 467 g/mol. The van der Waals surface area contributed by atoms with E-state index in [4.69, 9.17) is 13.6 Å². The van der Waals surface area contributed by atoms with Crippen LogP contribution < -0.4 is 10.1 Å². The van der Waals surface area contributed by atoms with Crippen LogP contribution >= 0.6 is 0 Å². The Hall–Kier alpha value is -3.72. The maximum atomic E-state index is 13.0. The molecule has 2 saturated heterocycles. The van der Waals surface area contributed by atoms with Gasteiger partial charge in [0.1, 0.15) is 25.0 Å². The van der Waals surface area contributed by atoms with Gasteiger partial charge in [-0.05, 0) is 29.7 Å². The Balaban J connectivity index is 1.31. The van der Waals surface area contributed by atoms with Crippen molar-refractivity contribution >= 4 is 23.6 Å². The molecule has 176 valence electrons. The first-order valence-corrected chi connectivity index (χ1v) is 11.0. The normalized spacial score (nSPS) is 22.6. The van der Waals surface area contributed by atoms with Crippen LogP contribution in [0.3, 0.4) is 0 Å². The number of hydrogen-bond donors (Lipinski definition) is 1. The Morgan fingerprint density at radius 3 is 2.79 bits per heavy atom. The molecule has 4 amide bonds. The zero-order valence-corrected chi connectivity index (χ0v) is 18.3. The fourth-order valence-electron chi connectivity index (χ4n) is 4.26. The molecule has 3 heterocycles. The van der Waals surface area contributed by atoms with Crippen molar-refractivity contribution < 1.29 is 32.8 Å². The van der Waals surface area contributed by atoms with Crippen molar-refractivity contribution in [3.63, 3.8) is 0 Å². The van der Waals surface area contributed by atoms with Crippen LogP contribution in [0.15, 0.2) is 42.4 Å². The highest BCUT2D eigenvalue weighted by Gasteiger charge is 2.40. The Kier molecular flexibility index (Phi) is 5.09. The van der Waals surface area contributed by atoms with Crippen LogP contribution in [0.1, 0.15) is 44.0 Å². The first kappa shape index (κ1) is 18.7. The van der Waals surface area contributed by atoms with E-state index >= 15 is 0 Å². The molecular weight excluding hydrogens is 438 g/mol. The van der Waals surface area contributed by atoms with Gasteiger partial charge in [0, 0.05) is 30.6 Å². The maximum Gasteiger partial charge on any atom is 0.255 e. The number of benzene rings is 2. The number of carbonyl (C=O) groups is 4. The number of morpholine rings is 1. The second-order valence-electron chi connectivity index (χ2n) is 8.30. The predicted molar refractivity (Wildman–Crippen MR) is 119 cm³/mol. The minimum atomic E-state index is -1.11. The van der Waals surface area contributed by atoms with Gasteiger partial charge in [-0.3, -0.25) is 24.5 Å². The molecule has 34 heavy (non-hydrogen) atoms. The molecule has 1 N–H and O–H groups in total. The lowest BCUT2D eigenvalue weighted by molar-refractivity contribution is -0.143. The summed E-state index contributed by atoms with van der Waals surface area (Å²) in [5, 5.41) is 2.28. The lowest BCUT2D eigenvalue weighted by Gasteiger charge is -2.29. The van der Waals surface area contributed by atoms with Gasteiger partial charge in [-0.25, -0.2) is 0 Å². The molecule has 5 rings (SSSR count). The van der Waals surface area contributed by atoms with E-state index in [1.54, 1.807) is 18.2 Å². The number of hydrogen-bond acceptors (Lipinski definition) is 6. The average Bonchev–Trinajstić information content (AvgIpc) is 3.21. The van der Waals surface area contributed by atoms with Crippen molar-refractivity contribution in [3.05, 3.63) is 64.7 Å². The summed E-state index contributed by atoms with van der Waals surface area (Å²) in [6.45, 7) is -0.539. The minimum Gasteiger partial charge on any atom is -0.489 e. The van der Waals surface area contributed by atoms with Gasteiger partial charge in [0.05, 0.1) is 17.3 Å². The van der Waals surface area contributed by atoms with Crippen LogP contribution in [0, 0.1) is 0 Å². The minimum absolute atomic E-state index is 0.0198. The van der Waals surface area contributed by atoms with Crippen LogP contribution in [-0.4, -0.2) is 59.2 Å². The van der Waals surface area contributed by atoms with Gasteiger partial charge in [-0.2, -0.15) is 0 Å². The lowest BCUT2D eigenvalue weighted by atomic mass is 10.0. The van der Waals surface area contributed by atoms with Crippen LogP contribution in [0.2, 0.25) is 0 Å². The first-order valence-electron chi connectivity index (χ1n) is 12.6. The number of nitrogens with zero attached hydrogens (tertiary/aromatic N) is 2. The molecular formula is C25H25N3O6. The van der Waals surface area contributed by atoms with Crippen molar-refractivity contribution in [1.82, 2.24) is 15.1 Å². The van der Waals surface area contributed by atoms with E-state index in [2.05, 4.69) is 5.32 Å². The summed E-state index contributed by atoms with van der Waals surface area (Å²) in [5.41, 5.74) is 1.69. The quantitative estimate of drug-likeness (QED) is 0.645. The SMILES string of the molecule is [2H]c1cc(C([2H])N2CCOCC2=O)c([2H])cc1COc1cccc2c1CN(C1CCC(=O)NC1=O)C2=O. The number of piperidine rings is 1. The van der Waals surface area contributed by atoms with Gasteiger partial charge in [0.2, 0.25) is 17.7 Å². The largest absolute Gasteiger partial charge is 0.489 e. The highest BCUT2D eigenvalue weighted by atomic mass is 16.5. The Morgan fingerprint density at radius 2 is 1.97 bits per heavy atom. The molecule has 0 bridgehead atoms. The van der Waals surface area contributed by atoms with Crippen molar-refractivity contribution in [2.75, 3.05) is 19.8 Å². The third-order valence-electron chi connectivity index (χ3n) is 6.07. The van der Waals surface area contributed by atoms with E-state index < -0.39 is 18.5 Å². The summed E-state index contributed by atoms with van der Waals surface area (Å²) >= 11 is 0. The molecule has 3 aliphatic heterocycles. The van der Waals surface area contributed by atoms with E-state index in [0.717, 1.165) is 0 Å². The Morgan fingerprint density at radius 1 is 1.15 bits per heavy atom. The van der Waals surface area contributed by atoms with E-state index in [-0.39, 0.29) is 74.5 Å². The highest BCUT2D eigenvalue weighted by Crippen LogP contribution is 2.34. The third-order valence-corrected chi connectivity index (χ3v) is 6.07. The van der Waals surface area contributed by atoms with Crippen LogP contribution in [0.25, 0.3) is 0 Å². The van der Waals surface area contributed by atoms with Crippen molar-refractivity contribution in [1.29, 1.82) is 0 Å². The molecule has 9 nitrogen and oxygen atoms in total. The number of carbonyl (C=O) groups excluding carboxylic acids is 4. The molecule has 2 aromatic rings. The van der Waals surface area contributed by atoms with Gasteiger partial charge >= 0.3 is 0 Å². The van der Waals surface area contributed by atoms with Gasteiger partial charge in [0.15, 0.2) is 0 Å². The van der Waals surface area contributed by atoms with E-state index in [9.17, 15) is 19.2 Å². The number of nitrogens with one attached hydrogen (secondary N) is 1. The summed E-state index contributed by atoms with van der Waals surface area (Å²) in [4.78, 5) is 51.7. The molecule has 2 fully saturated rings. The molecule has 0 aromatic heterocycles. The van der Waals surface area contributed by atoms with Crippen molar-refractivity contribution in [2.45, 2.75) is 38.6 Å². The first-order chi connectivity index (χ1) is 17.7. The number of fused-ring (bicyclic) bond motifs is 1.